The summed E-state index contributed by atoms with van der Waals surface area (Å²) in [6.07, 6.45) is 0.197. The van der Waals surface area contributed by atoms with E-state index in [-0.39, 0.29) is 18.2 Å². The average Bonchev–Trinajstić information content (AvgIpc) is 2.28. The molecule has 1 aromatic carbocycles. The lowest BCUT2D eigenvalue weighted by atomic mass is 10.0. The Labute approximate surface area is 103 Å². The van der Waals surface area contributed by atoms with Gasteiger partial charge in [0.25, 0.3) is 0 Å². The summed E-state index contributed by atoms with van der Waals surface area (Å²) >= 11 is 0. The Balaban J connectivity index is 2.67. The number of nitrogens with zero attached hydrogens (tertiary/aromatic N) is 1. The van der Waals surface area contributed by atoms with Crippen LogP contribution < -0.4 is 0 Å². The largest absolute Gasteiger partial charge is 0.304 e. The molecule has 1 atom stereocenters. The summed E-state index contributed by atoms with van der Waals surface area (Å²) in [7, 11) is 3.75. The van der Waals surface area contributed by atoms with E-state index in [1.807, 2.05) is 57.1 Å². The smallest absolute Gasteiger partial charge is 0.155 e. The predicted molar refractivity (Wildman–Crippen MR) is 70.8 cm³/mol. The third-order valence-electron chi connectivity index (χ3n) is 2.99. The fourth-order valence-corrected chi connectivity index (χ4v) is 1.47. The molecule has 0 aromatic heterocycles. The van der Waals surface area contributed by atoms with Crippen molar-refractivity contribution in [1.82, 2.24) is 4.90 Å². The molecule has 0 aliphatic rings. The van der Waals surface area contributed by atoms with Gasteiger partial charge in [-0.25, -0.2) is 0 Å². The summed E-state index contributed by atoms with van der Waals surface area (Å²) in [5.41, 5.74) is 2.38. The van der Waals surface area contributed by atoms with Crippen molar-refractivity contribution in [3.8, 4) is 0 Å². The van der Waals surface area contributed by atoms with Gasteiger partial charge < -0.3 is 5.41 Å². The van der Waals surface area contributed by atoms with Crippen molar-refractivity contribution in [3.63, 3.8) is 0 Å². The van der Waals surface area contributed by atoms with Crippen molar-refractivity contribution < 1.29 is 4.79 Å². The molecule has 3 heteroatoms. The van der Waals surface area contributed by atoms with Crippen molar-refractivity contribution in [3.05, 3.63) is 35.4 Å². The van der Waals surface area contributed by atoms with Crippen LogP contribution in [0.3, 0.4) is 0 Å². The number of nitrogens with one attached hydrogen (secondary N) is 1. The Morgan fingerprint density at radius 3 is 2.29 bits per heavy atom. The minimum absolute atomic E-state index is 0.0839. The van der Waals surface area contributed by atoms with Gasteiger partial charge in [0, 0.05) is 5.71 Å². The third kappa shape index (κ3) is 3.79. The van der Waals surface area contributed by atoms with Crippen LogP contribution in [0.1, 0.15) is 24.5 Å². The van der Waals surface area contributed by atoms with Crippen LogP contribution in [0.15, 0.2) is 24.3 Å². The normalized spacial score (nSPS) is 12.5. The van der Waals surface area contributed by atoms with Crippen LogP contribution in [0.5, 0.6) is 0 Å². The molecule has 0 aliphatic carbocycles. The first-order valence-electron chi connectivity index (χ1n) is 5.75. The van der Waals surface area contributed by atoms with Crippen molar-refractivity contribution in [2.75, 3.05) is 14.1 Å². The van der Waals surface area contributed by atoms with Gasteiger partial charge in [0.15, 0.2) is 5.78 Å². The highest BCUT2D eigenvalue weighted by atomic mass is 16.1. The molecule has 1 aromatic rings. The molecular weight excluding hydrogens is 212 g/mol. The van der Waals surface area contributed by atoms with Gasteiger partial charge in [-0.1, -0.05) is 29.8 Å². The number of aryl methyl sites for hydroxylation is 1. The van der Waals surface area contributed by atoms with Crippen molar-refractivity contribution in [2.24, 2.45) is 0 Å². The maximum absolute atomic E-state index is 11.9. The third-order valence-corrected chi connectivity index (χ3v) is 2.99. The maximum Gasteiger partial charge on any atom is 0.155 e. The van der Waals surface area contributed by atoms with Gasteiger partial charge >= 0.3 is 0 Å². The molecule has 0 fully saturated rings. The Kier molecular flexibility index (Phi) is 4.58. The average molecular weight is 232 g/mol. The molecule has 1 N–H and O–H groups in total. The molecule has 0 saturated carbocycles. The van der Waals surface area contributed by atoms with Crippen molar-refractivity contribution >= 4 is 11.5 Å². The van der Waals surface area contributed by atoms with Crippen LogP contribution >= 0.6 is 0 Å². The molecule has 3 nitrogen and oxygen atoms in total. The van der Waals surface area contributed by atoms with Crippen LogP contribution in [0.2, 0.25) is 0 Å². The molecule has 0 spiro atoms. The summed E-state index contributed by atoms with van der Waals surface area (Å²) in [6, 6.07) is 7.57. The van der Waals surface area contributed by atoms with E-state index in [9.17, 15) is 4.79 Å². The lowest BCUT2D eigenvalue weighted by Crippen LogP contribution is -2.34. The van der Waals surface area contributed by atoms with E-state index in [0.717, 1.165) is 11.1 Å². The van der Waals surface area contributed by atoms with Gasteiger partial charge in [-0.2, -0.15) is 0 Å². The number of hydrogen-bond acceptors (Lipinski definition) is 3. The lowest BCUT2D eigenvalue weighted by molar-refractivity contribution is -0.121. The minimum Gasteiger partial charge on any atom is -0.304 e. The fourth-order valence-electron chi connectivity index (χ4n) is 1.47. The van der Waals surface area contributed by atoms with Gasteiger partial charge in [-0.05, 0) is 33.5 Å². The number of rotatable bonds is 5. The van der Waals surface area contributed by atoms with Gasteiger partial charge in [0.2, 0.25) is 0 Å². The first-order chi connectivity index (χ1) is 7.91. The zero-order valence-corrected chi connectivity index (χ0v) is 10.9. The second-order valence-electron chi connectivity index (χ2n) is 4.63. The van der Waals surface area contributed by atoms with Gasteiger partial charge in [-0.3, -0.25) is 9.69 Å². The summed E-state index contributed by atoms with van der Waals surface area (Å²) in [6.45, 7) is 3.87. The molecule has 1 unspecified atom stereocenters. The quantitative estimate of drug-likeness (QED) is 0.791. The first kappa shape index (κ1) is 13.6. The topological polar surface area (TPSA) is 44.2 Å². The number of benzene rings is 1. The molecule has 0 aliphatic heterocycles. The summed E-state index contributed by atoms with van der Waals surface area (Å²) in [5.74, 6) is 0.0839. The van der Waals surface area contributed by atoms with Crippen LogP contribution in [-0.4, -0.2) is 36.5 Å². The van der Waals surface area contributed by atoms with E-state index in [2.05, 4.69) is 0 Å². The van der Waals surface area contributed by atoms with Crippen molar-refractivity contribution in [1.29, 1.82) is 5.41 Å². The maximum atomic E-state index is 11.9. The molecule has 17 heavy (non-hydrogen) atoms. The zero-order chi connectivity index (χ0) is 13.0. The van der Waals surface area contributed by atoms with Crippen LogP contribution in [0, 0.1) is 12.3 Å². The number of Topliss-reactive ketones (excluding diaryl/α,β-unsaturated/α-hetero) is 1. The van der Waals surface area contributed by atoms with E-state index in [4.69, 9.17) is 5.41 Å². The lowest BCUT2D eigenvalue weighted by Gasteiger charge is -2.18. The Morgan fingerprint density at radius 2 is 1.82 bits per heavy atom. The zero-order valence-electron chi connectivity index (χ0n) is 10.9. The number of likely N-dealkylation sites (N-methyl/N-ethyl adjacent to an activating group) is 1. The van der Waals surface area contributed by atoms with Crippen LogP contribution in [0.4, 0.5) is 0 Å². The summed E-state index contributed by atoms with van der Waals surface area (Å²) in [4.78, 5) is 13.7. The van der Waals surface area contributed by atoms with E-state index < -0.39 is 0 Å². The summed E-state index contributed by atoms with van der Waals surface area (Å²) in [5, 5.41) is 7.93. The molecule has 0 saturated heterocycles. The Bertz CT molecular complexity index is 407. The number of carbonyl (C=O) groups excluding carboxylic acids is 1. The van der Waals surface area contributed by atoms with Crippen LogP contribution in [-0.2, 0) is 4.79 Å². The highest BCUT2D eigenvalue weighted by Crippen LogP contribution is 2.08. The highest BCUT2D eigenvalue weighted by molar-refractivity contribution is 6.10. The number of ketones is 1. The second kappa shape index (κ2) is 5.73. The molecule has 0 bridgehead atoms. The van der Waals surface area contributed by atoms with Gasteiger partial charge in [-0.15, -0.1) is 0 Å². The minimum atomic E-state index is -0.138. The molecular formula is C14H20N2O. The summed E-state index contributed by atoms with van der Waals surface area (Å²) < 4.78 is 0. The molecule has 92 valence electrons. The monoisotopic (exact) mass is 232 g/mol. The first-order valence-corrected chi connectivity index (χ1v) is 5.75. The standard InChI is InChI=1S/C14H20N2O/c1-10-5-7-12(8-6-10)13(15)9-14(17)11(2)16(3)4/h5-8,11,15H,9H2,1-4H3. The molecule has 1 rings (SSSR count). The van der Waals surface area contributed by atoms with Gasteiger partial charge in [0.1, 0.15) is 0 Å². The number of hydrogen-bond donors (Lipinski definition) is 1. The second-order valence-corrected chi connectivity index (χ2v) is 4.63. The van der Waals surface area contributed by atoms with E-state index >= 15 is 0 Å². The Morgan fingerprint density at radius 1 is 1.29 bits per heavy atom. The molecule has 0 heterocycles. The van der Waals surface area contributed by atoms with Crippen molar-refractivity contribution in [2.45, 2.75) is 26.3 Å². The molecule has 0 radical (unpaired) electrons. The van der Waals surface area contributed by atoms with Crippen LogP contribution in [0.25, 0.3) is 0 Å². The van der Waals surface area contributed by atoms with E-state index in [0.29, 0.717) is 5.71 Å². The SMILES string of the molecule is Cc1ccc(C(=N)CC(=O)C(C)N(C)C)cc1. The predicted octanol–water partition coefficient (Wildman–Crippen LogP) is 2.27. The molecule has 0 amide bonds. The van der Waals surface area contributed by atoms with E-state index in [1.54, 1.807) is 0 Å². The number of carbonyl (C=O) groups is 1. The Hall–Kier alpha value is -1.48. The highest BCUT2D eigenvalue weighted by Gasteiger charge is 2.17. The fraction of sp³-hybridized carbons (Fsp3) is 0.429. The van der Waals surface area contributed by atoms with E-state index in [1.165, 1.54) is 0 Å². The van der Waals surface area contributed by atoms with Gasteiger partial charge in [0.05, 0.1) is 12.5 Å².